The summed E-state index contributed by atoms with van der Waals surface area (Å²) in [5.41, 5.74) is 2.51. The molecule has 4 rings (SSSR count). The third-order valence-corrected chi connectivity index (χ3v) is 5.01. The number of nitrogens with zero attached hydrogens (tertiary/aromatic N) is 2. The second kappa shape index (κ2) is 7.96. The molecule has 0 N–H and O–H groups in total. The summed E-state index contributed by atoms with van der Waals surface area (Å²) in [5.74, 6) is 1.43. The van der Waals surface area contributed by atoms with Crippen LogP contribution in [0.15, 0.2) is 36.7 Å². The standard InChI is InChI=1S/C20H22N2O3.ClH/c1-24-18-8-7-15(11-19(18)25-16-5-3-2-4-6-16)22-13-14-12-21-10-9-17(14)20(22)23;/h7-12,16H,2-6,13H2,1H3;1H. The lowest BCUT2D eigenvalue weighted by molar-refractivity contribution is 0.0996. The number of rotatable bonds is 4. The molecule has 0 atom stereocenters. The van der Waals surface area contributed by atoms with Crippen LogP contribution in [0.5, 0.6) is 11.5 Å². The number of hydrogen-bond acceptors (Lipinski definition) is 4. The van der Waals surface area contributed by atoms with Gasteiger partial charge in [0.1, 0.15) is 0 Å². The largest absolute Gasteiger partial charge is 0.493 e. The van der Waals surface area contributed by atoms with Crippen LogP contribution in [0.2, 0.25) is 0 Å². The molecule has 0 spiro atoms. The number of ether oxygens (including phenoxy) is 2. The van der Waals surface area contributed by atoms with E-state index in [1.165, 1.54) is 19.3 Å². The highest BCUT2D eigenvalue weighted by Gasteiger charge is 2.29. The highest BCUT2D eigenvalue weighted by atomic mass is 35.5. The van der Waals surface area contributed by atoms with E-state index in [0.29, 0.717) is 18.0 Å². The van der Waals surface area contributed by atoms with Crippen LogP contribution in [0.1, 0.15) is 48.0 Å². The van der Waals surface area contributed by atoms with Gasteiger partial charge in [-0.15, -0.1) is 12.4 Å². The lowest BCUT2D eigenvalue weighted by atomic mass is 9.98. The molecule has 1 saturated carbocycles. The van der Waals surface area contributed by atoms with Gasteiger partial charge in [-0.1, -0.05) is 6.42 Å². The third kappa shape index (κ3) is 3.49. The number of aromatic nitrogens is 1. The first-order valence-electron chi connectivity index (χ1n) is 8.85. The number of anilines is 1. The zero-order valence-corrected chi connectivity index (χ0v) is 15.6. The van der Waals surface area contributed by atoms with Gasteiger partial charge in [-0.2, -0.15) is 0 Å². The Balaban J connectivity index is 0.00000196. The van der Waals surface area contributed by atoms with Gasteiger partial charge in [0.2, 0.25) is 0 Å². The average Bonchev–Trinajstić information content (AvgIpc) is 3.00. The van der Waals surface area contributed by atoms with E-state index in [1.807, 2.05) is 18.2 Å². The summed E-state index contributed by atoms with van der Waals surface area (Å²) in [6.07, 6.45) is 9.50. The first kappa shape index (κ1) is 18.5. The number of carbonyl (C=O) groups excluding carboxylic acids is 1. The van der Waals surface area contributed by atoms with Crippen molar-refractivity contribution in [2.45, 2.75) is 44.8 Å². The van der Waals surface area contributed by atoms with E-state index in [-0.39, 0.29) is 24.4 Å². The van der Waals surface area contributed by atoms with Gasteiger partial charge in [0.25, 0.3) is 5.91 Å². The van der Waals surface area contributed by atoms with Gasteiger partial charge in [-0.05, 0) is 43.9 Å². The number of carbonyl (C=O) groups is 1. The minimum absolute atomic E-state index is 0. The van der Waals surface area contributed by atoms with Gasteiger partial charge in [0, 0.05) is 35.3 Å². The zero-order valence-electron chi connectivity index (χ0n) is 14.8. The van der Waals surface area contributed by atoms with Gasteiger partial charge >= 0.3 is 0 Å². The average molecular weight is 375 g/mol. The van der Waals surface area contributed by atoms with Gasteiger partial charge in [0.15, 0.2) is 11.5 Å². The number of pyridine rings is 1. The lowest BCUT2D eigenvalue weighted by Crippen LogP contribution is -2.23. The number of hydrogen-bond donors (Lipinski definition) is 0. The van der Waals surface area contributed by atoms with Crippen LogP contribution in [0.4, 0.5) is 5.69 Å². The van der Waals surface area contributed by atoms with Crippen molar-refractivity contribution < 1.29 is 14.3 Å². The normalized spacial score (nSPS) is 16.8. The van der Waals surface area contributed by atoms with Gasteiger partial charge in [-0.25, -0.2) is 0 Å². The van der Waals surface area contributed by atoms with Crippen molar-refractivity contribution >= 4 is 24.0 Å². The number of benzene rings is 1. The Labute approximate surface area is 159 Å². The summed E-state index contributed by atoms with van der Waals surface area (Å²) >= 11 is 0. The fourth-order valence-electron chi connectivity index (χ4n) is 3.65. The summed E-state index contributed by atoms with van der Waals surface area (Å²) < 4.78 is 11.7. The van der Waals surface area contributed by atoms with E-state index < -0.39 is 0 Å². The minimum atomic E-state index is 0. The minimum Gasteiger partial charge on any atom is -0.493 e. The van der Waals surface area contributed by atoms with E-state index in [4.69, 9.17) is 9.47 Å². The van der Waals surface area contributed by atoms with E-state index in [0.717, 1.165) is 29.7 Å². The van der Waals surface area contributed by atoms with Gasteiger partial charge < -0.3 is 14.4 Å². The molecular formula is C20H23ClN2O3. The summed E-state index contributed by atoms with van der Waals surface area (Å²) in [6, 6.07) is 7.48. The summed E-state index contributed by atoms with van der Waals surface area (Å²) in [5, 5.41) is 0. The van der Waals surface area contributed by atoms with Gasteiger partial charge in [0.05, 0.1) is 19.8 Å². The molecule has 1 aliphatic heterocycles. The maximum absolute atomic E-state index is 12.7. The number of fused-ring (bicyclic) bond motifs is 1. The molecule has 0 radical (unpaired) electrons. The van der Waals surface area contributed by atoms with Crippen LogP contribution >= 0.6 is 12.4 Å². The molecule has 6 heteroatoms. The summed E-state index contributed by atoms with van der Waals surface area (Å²) in [6.45, 7) is 0.539. The molecule has 1 aromatic heterocycles. The van der Waals surface area contributed by atoms with E-state index in [9.17, 15) is 4.79 Å². The van der Waals surface area contributed by atoms with Crippen molar-refractivity contribution in [1.29, 1.82) is 0 Å². The molecule has 0 saturated heterocycles. The molecule has 2 aliphatic rings. The van der Waals surface area contributed by atoms with Crippen molar-refractivity contribution in [2.75, 3.05) is 12.0 Å². The second-order valence-electron chi connectivity index (χ2n) is 6.64. The first-order chi connectivity index (χ1) is 12.3. The molecule has 5 nitrogen and oxygen atoms in total. The predicted octanol–water partition coefficient (Wildman–Crippen LogP) is 4.38. The van der Waals surface area contributed by atoms with Crippen LogP contribution < -0.4 is 14.4 Å². The quantitative estimate of drug-likeness (QED) is 0.796. The van der Waals surface area contributed by atoms with E-state index in [1.54, 1.807) is 30.5 Å². The summed E-state index contributed by atoms with van der Waals surface area (Å²) in [7, 11) is 1.64. The van der Waals surface area contributed by atoms with E-state index >= 15 is 0 Å². The molecule has 1 amide bonds. The molecule has 2 heterocycles. The van der Waals surface area contributed by atoms with Crippen molar-refractivity contribution in [3.63, 3.8) is 0 Å². The van der Waals surface area contributed by atoms with Crippen molar-refractivity contribution in [3.8, 4) is 11.5 Å². The maximum Gasteiger partial charge on any atom is 0.259 e. The third-order valence-electron chi connectivity index (χ3n) is 5.01. The van der Waals surface area contributed by atoms with Crippen molar-refractivity contribution in [3.05, 3.63) is 47.8 Å². The summed E-state index contributed by atoms with van der Waals surface area (Å²) in [4.78, 5) is 18.6. The highest BCUT2D eigenvalue weighted by molar-refractivity contribution is 6.10. The Morgan fingerprint density at radius 1 is 1.12 bits per heavy atom. The van der Waals surface area contributed by atoms with Crippen LogP contribution in [0.3, 0.4) is 0 Å². The predicted molar refractivity (Wildman–Crippen MR) is 102 cm³/mol. The molecular weight excluding hydrogens is 352 g/mol. The van der Waals surface area contributed by atoms with Crippen LogP contribution in [0.25, 0.3) is 0 Å². The van der Waals surface area contributed by atoms with Gasteiger partial charge in [-0.3, -0.25) is 9.78 Å². The second-order valence-corrected chi connectivity index (χ2v) is 6.64. The molecule has 2 aromatic rings. The first-order valence-corrected chi connectivity index (χ1v) is 8.85. The molecule has 26 heavy (non-hydrogen) atoms. The number of halogens is 1. The molecule has 1 fully saturated rings. The lowest BCUT2D eigenvalue weighted by Gasteiger charge is -2.25. The Kier molecular flexibility index (Phi) is 5.67. The van der Waals surface area contributed by atoms with Crippen LogP contribution in [0, 0.1) is 0 Å². The molecule has 0 bridgehead atoms. The fourth-order valence-corrected chi connectivity index (χ4v) is 3.65. The monoisotopic (exact) mass is 374 g/mol. The SMILES string of the molecule is COc1ccc(N2Cc3cnccc3C2=O)cc1OC1CCCCC1.Cl. The highest BCUT2D eigenvalue weighted by Crippen LogP contribution is 2.37. The van der Waals surface area contributed by atoms with Crippen LogP contribution in [-0.4, -0.2) is 24.1 Å². The Bertz CT molecular complexity index is 790. The van der Waals surface area contributed by atoms with Crippen molar-refractivity contribution in [1.82, 2.24) is 4.98 Å². The molecule has 1 aliphatic carbocycles. The number of methoxy groups -OCH3 is 1. The number of amides is 1. The van der Waals surface area contributed by atoms with Crippen LogP contribution in [-0.2, 0) is 6.54 Å². The topological polar surface area (TPSA) is 51.7 Å². The maximum atomic E-state index is 12.7. The Hall–Kier alpha value is -2.27. The molecule has 1 aromatic carbocycles. The Morgan fingerprint density at radius 3 is 2.65 bits per heavy atom. The Morgan fingerprint density at radius 2 is 1.92 bits per heavy atom. The zero-order chi connectivity index (χ0) is 17.2. The smallest absolute Gasteiger partial charge is 0.259 e. The van der Waals surface area contributed by atoms with E-state index in [2.05, 4.69) is 4.98 Å². The fraction of sp³-hybridized carbons (Fsp3) is 0.400. The molecule has 138 valence electrons. The molecule has 0 unspecified atom stereocenters. The van der Waals surface area contributed by atoms with Crippen molar-refractivity contribution in [2.24, 2.45) is 0 Å².